The number of carbonyl (C=O) groups excluding carboxylic acids is 1. The van der Waals surface area contributed by atoms with Crippen molar-refractivity contribution < 1.29 is 9.53 Å². The first kappa shape index (κ1) is 13.2. The SMILES string of the molecule is CC(=O)Oc1ccsc1Nc1cc(Cl)cc(Cl)c1. The summed E-state index contributed by atoms with van der Waals surface area (Å²) in [5.41, 5.74) is 0.739. The highest BCUT2D eigenvalue weighted by atomic mass is 35.5. The molecule has 1 N–H and O–H groups in total. The molecule has 0 aliphatic heterocycles. The number of nitrogens with one attached hydrogen (secondary N) is 1. The fourth-order valence-corrected chi connectivity index (χ4v) is 2.64. The summed E-state index contributed by atoms with van der Waals surface area (Å²) in [6, 6.07) is 6.85. The molecule has 3 nitrogen and oxygen atoms in total. The van der Waals surface area contributed by atoms with Crippen LogP contribution in [0.5, 0.6) is 5.75 Å². The van der Waals surface area contributed by atoms with E-state index in [0.29, 0.717) is 15.8 Å². The van der Waals surface area contributed by atoms with Gasteiger partial charge in [-0.15, -0.1) is 11.3 Å². The minimum Gasteiger partial charge on any atom is -0.424 e. The van der Waals surface area contributed by atoms with Gasteiger partial charge >= 0.3 is 5.97 Å². The van der Waals surface area contributed by atoms with Gasteiger partial charge in [0.1, 0.15) is 5.00 Å². The number of hydrogen-bond donors (Lipinski definition) is 1. The van der Waals surface area contributed by atoms with Crippen molar-refractivity contribution in [2.45, 2.75) is 6.92 Å². The lowest BCUT2D eigenvalue weighted by molar-refractivity contribution is -0.131. The molecule has 2 aromatic rings. The zero-order valence-electron chi connectivity index (χ0n) is 9.37. The second-order valence-electron chi connectivity index (χ2n) is 3.49. The summed E-state index contributed by atoms with van der Waals surface area (Å²) in [6.45, 7) is 1.36. The van der Waals surface area contributed by atoms with E-state index in [9.17, 15) is 4.79 Å². The van der Waals surface area contributed by atoms with Crippen molar-refractivity contribution in [1.82, 2.24) is 0 Å². The Morgan fingerprint density at radius 2 is 1.94 bits per heavy atom. The molecule has 1 aromatic heterocycles. The Balaban J connectivity index is 2.23. The average molecular weight is 302 g/mol. The predicted octanol–water partition coefficient (Wildman–Crippen LogP) is 4.72. The number of halogens is 2. The van der Waals surface area contributed by atoms with E-state index in [1.54, 1.807) is 24.3 Å². The van der Waals surface area contributed by atoms with Crippen molar-refractivity contribution in [2.24, 2.45) is 0 Å². The maximum Gasteiger partial charge on any atom is 0.308 e. The molecular weight excluding hydrogens is 293 g/mol. The molecule has 2 rings (SSSR count). The Morgan fingerprint density at radius 3 is 2.56 bits per heavy atom. The predicted molar refractivity (Wildman–Crippen MR) is 75.4 cm³/mol. The van der Waals surface area contributed by atoms with E-state index < -0.39 is 0 Å². The number of carbonyl (C=O) groups is 1. The van der Waals surface area contributed by atoms with E-state index >= 15 is 0 Å². The third-order valence-corrected chi connectivity index (χ3v) is 3.25. The molecule has 0 saturated carbocycles. The van der Waals surface area contributed by atoms with Gasteiger partial charge in [0.05, 0.1) is 0 Å². The van der Waals surface area contributed by atoms with Gasteiger partial charge in [0.2, 0.25) is 0 Å². The van der Waals surface area contributed by atoms with Crippen LogP contribution in [0.25, 0.3) is 0 Å². The lowest BCUT2D eigenvalue weighted by Gasteiger charge is -2.07. The van der Waals surface area contributed by atoms with Crippen molar-refractivity contribution in [3.63, 3.8) is 0 Å². The molecule has 0 amide bonds. The molecular formula is C12H9Cl2NO2S. The molecule has 0 spiro atoms. The van der Waals surface area contributed by atoms with Gasteiger partial charge in [0.25, 0.3) is 0 Å². The molecule has 0 atom stereocenters. The Bertz CT molecular complexity index is 563. The summed E-state index contributed by atoms with van der Waals surface area (Å²) in [5, 5.41) is 6.74. The zero-order valence-corrected chi connectivity index (χ0v) is 11.7. The normalized spacial score (nSPS) is 10.2. The second-order valence-corrected chi connectivity index (χ2v) is 5.28. The van der Waals surface area contributed by atoms with Crippen LogP contribution in [0, 0.1) is 0 Å². The summed E-state index contributed by atoms with van der Waals surface area (Å²) < 4.78 is 5.06. The quantitative estimate of drug-likeness (QED) is 0.833. The van der Waals surface area contributed by atoms with Gasteiger partial charge in [-0.05, 0) is 29.6 Å². The van der Waals surface area contributed by atoms with E-state index in [4.69, 9.17) is 27.9 Å². The molecule has 0 fully saturated rings. The van der Waals surface area contributed by atoms with Gasteiger partial charge in [-0.25, -0.2) is 0 Å². The van der Waals surface area contributed by atoms with Crippen LogP contribution < -0.4 is 10.1 Å². The third-order valence-electron chi connectivity index (χ3n) is 2.00. The molecule has 6 heteroatoms. The van der Waals surface area contributed by atoms with Crippen LogP contribution in [0.2, 0.25) is 10.0 Å². The number of thiophene rings is 1. The number of anilines is 2. The van der Waals surface area contributed by atoms with Crippen molar-refractivity contribution in [1.29, 1.82) is 0 Å². The first-order valence-corrected chi connectivity index (χ1v) is 6.67. The molecule has 1 heterocycles. The van der Waals surface area contributed by atoms with E-state index in [1.165, 1.54) is 18.3 Å². The van der Waals surface area contributed by atoms with Gasteiger partial charge in [-0.3, -0.25) is 4.79 Å². The second kappa shape index (κ2) is 5.61. The Labute approximate surface area is 118 Å². The van der Waals surface area contributed by atoms with Crippen LogP contribution in [0.1, 0.15) is 6.92 Å². The fraction of sp³-hybridized carbons (Fsp3) is 0.0833. The highest BCUT2D eigenvalue weighted by Gasteiger charge is 2.08. The van der Waals surface area contributed by atoms with Crippen LogP contribution >= 0.6 is 34.5 Å². The van der Waals surface area contributed by atoms with E-state index in [-0.39, 0.29) is 5.97 Å². The minimum absolute atomic E-state index is 0.361. The summed E-state index contributed by atoms with van der Waals surface area (Å²) in [4.78, 5) is 10.9. The number of rotatable bonds is 3. The molecule has 18 heavy (non-hydrogen) atoms. The maximum atomic E-state index is 10.9. The van der Waals surface area contributed by atoms with E-state index in [2.05, 4.69) is 5.32 Å². The van der Waals surface area contributed by atoms with Crippen LogP contribution in [-0.2, 0) is 4.79 Å². The van der Waals surface area contributed by atoms with Crippen LogP contribution in [0.3, 0.4) is 0 Å². The zero-order chi connectivity index (χ0) is 13.1. The smallest absolute Gasteiger partial charge is 0.308 e. The molecule has 0 aliphatic carbocycles. The lowest BCUT2D eigenvalue weighted by atomic mass is 10.3. The van der Waals surface area contributed by atoms with Crippen LogP contribution in [0.15, 0.2) is 29.6 Å². The maximum absolute atomic E-state index is 10.9. The summed E-state index contributed by atoms with van der Waals surface area (Å²) in [6.07, 6.45) is 0. The van der Waals surface area contributed by atoms with E-state index in [1.807, 2.05) is 5.38 Å². The van der Waals surface area contributed by atoms with Gasteiger partial charge in [-0.1, -0.05) is 23.2 Å². The highest BCUT2D eigenvalue weighted by Crippen LogP contribution is 2.35. The first-order chi connectivity index (χ1) is 8.54. The topological polar surface area (TPSA) is 38.3 Å². The molecule has 0 unspecified atom stereocenters. The molecule has 94 valence electrons. The molecule has 0 saturated heterocycles. The summed E-state index contributed by atoms with van der Waals surface area (Å²) in [5.74, 6) is 0.129. The van der Waals surface area contributed by atoms with Crippen molar-refractivity contribution in [3.8, 4) is 5.75 Å². The number of esters is 1. The van der Waals surface area contributed by atoms with E-state index in [0.717, 1.165) is 10.7 Å². The summed E-state index contributed by atoms with van der Waals surface area (Å²) >= 11 is 13.2. The van der Waals surface area contributed by atoms with Crippen molar-refractivity contribution in [2.75, 3.05) is 5.32 Å². The number of hydrogen-bond acceptors (Lipinski definition) is 4. The lowest BCUT2D eigenvalue weighted by Crippen LogP contribution is -2.02. The van der Waals surface area contributed by atoms with Gasteiger partial charge < -0.3 is 10.1 Å². The Morgan fingerprint density at radius 1 is 1.28 bits per heavy atom. The minimum atomic E-state index is -0.361. The van der Waals surface area contributed by atoms with Gasteiger partial charge in [0, 0.05) is 22.7 Å². The monoisotopic (exact) mass is 301 g/mol. The molecule has 1 aromatic carbocycles. The van der Waals surface area contributed by atoms with Crippen molar-refractivity contribution in [3.05, 3.63) is 39.7 Å². The van der Waals surface area contributed by atoms with Crippen LogP contribution in [0.4, 0.5) is 10.7 Å². The number of benzene rings is 1. The largest absolute Gasteiger partial charge is 0.424 e. The summed E-state index contributed by atoms with van der Waals surface area (Å²) in [7, 11) is 0. The molecule has 0 aliphatic rings. The van der Waals surface area contributed by atoms with Crippen LogP contribution in [-0.4, -0.2) is 5.97 Å². The highest BCUT2D eigenvalue weighted by molar-refractivity contribution is 7.14. The number of ether oxygens (including phenoxy) is 1. The van der Waals surface area contributed by atoms with Gasteiger partial charge in [-0.2, -0.15) is 0 Å². The van der Waals surface area contributed by atoms with Crippen molar-refractivity contribution >= 4 is 51.2 Å². The average Bonchev–Trinajstić information content (AvgIpc) is 2.63. The first-order valence-electron chi connectivity index (χ1n) is 5.03. The standard InChI is InChI=1S/C12H9Cl2NO2S/c1-7(16)17-11-2-3-18-12(11)15-10-5-8(13)4-9(14)6-10/h2-6,15H,1H3. The third kappa shape index (κ3) is 3.38. The molecule has 0 radical (unpaired) electrons. The van der Waals surface area contributed by atoms with Gasteiger partial charge in [0.15, 0.2) is 5.75 Å². The Hall–Kier alpha value is -1.23. The molecule has 0 bridgehead atoms. The Kier molecular flexibility index (Phi) is 4.11. The fourth-order valence-electron chi connectivity index (χ4n) is 1.38.